The maximum atomic E-state index is 13.2. The lowest BCUT2D eigenvalue weighted by Gasteiger charge is -2.29. The Labute approximate surface area is 159 Å². The molecule has 0 aromatic carbocycles. The second-order valence-corrected chi connectivity index (χ2v) is 6.95. The molecule has 8 nitrogen and oxygen atoms in total. The summed E-state index contributed by atoms with van der Waals surface area (Å²) in [5, 5.41) is 0. The molecule has 0 aliphatic carbocycles. The number of carbonyl (C=O) groups is 1. The third-order valence-corrected chi connectivity index (χ3v) is 4.58. The Balaban J connectivity index is 1.77. The van der Waals surface area contributed by atoms with Gasteiger partial charge in [0, 0.05) is 31.9 Å². The molecule has 27 heavy (non-hydrogen) atoms. The molecule has 0 bridgehead atoms. The molecular weight excluding hydrogens is 346 g/mol. The van der Waals surface area contributed by atoms with Crippen molar-refractivity contribution in [2.45, 2.75) is 26.3 Å². The van der Waals surface area contributed by atoms with Crippen LogP contribution in [0.5, 0.6) is 0 Å². The molecule has 0 radical (unpaired) electrons. The fraction of sp³-hybridized carbons (Fsp3) is 0.526. The quantitative estimate of drug-likeness (QED) is 0.789. The van der Waals surface area contributed by atoms with E-state index in [4.69, 9.17) is 14.9 Å². The Bertz CT molecular complexity index is 742. The maximum Gasteiger partial charge on any atom is 0.273 e. The molecule has 2 aromatic rings. The molecule has 0 spiro atoms. The number of rotatable bonds is 7. The first-order valence-electron chi connectivity index (χ1n) is 9.29. The van der Waals surface area contributed by atoms with Crippen molar-refractivity contribution >= 4 is 11.9 Å². The monoisotopic (exact) mass is 373 g/mol. The van der Waals surface area contributed by atoms with Gasteiger partial charge in [0.1, 0.15) is 11.5 Å². The van der Waals surface area contributed by atoms with E-state index in [1.54, 1.807) is 17.2 Å². The van der Waals surface area contributed by atoms with Crippen molar-refractivity contribution in [3.63, 3.8) is 0 Å². The van der Waals surface area contributed by atoms with Gasteiger partial charge in [-0.3, -0.25) is 9.69 Å². The Hall–Kier alpha value is -2.45. The highest BCUT2D eigenvalue weighted by Crippen LogP contribution is 2.16. The molecule has 0 unspecified atom stereocenters. The molecule has 1 amide bonds. The number of aromatic nitrogens is 2. The summed E-state index contributed by atoms with van der Waals surface area (Å²) < 4.78 is 10.8. The fourth-order valence-corrected chi connectivity index (χ4v) is 2.98. The van der Waals surface area contributed by atoms with Crippen LogP contribution in [-0.2, 0) is 11.3 Å². The van der Waals surface area contributed by atoms with Crippen LogP contribution >= 0.6 is 0 Å². The average molecular weight is 373 g/mol. The molecule has 1 saturated heterocycles. The average Bonchev–Trinajstić information content (AvgIpc) is 3.18. The zero-order valence-corrected chi connectivity index (χ0v) is 15.9. The summed E-state index contributed by atoms with van der Waals surface area (Å²) in [7, 11) is 0. The summed E-state index contributed by atoms with van der Waals surface area (Å²) in [6.07, 6.45) is 1.61. The van der Waals surface area contributed by atoms with E-state index in [-0.39, 0.29) is 17.8 Å². The Morgan fingerprint density at radius 3 is 2.78 bits per heavy atom. The van der Waals surface area contributed by atoms with E-state index in [0.29, 0.717) is 18.8 Å². The normalized spacial score (nSPS) is 15.2. The third-order valence-electron chi connectivity index (χ3n) is 4.58. The van der Waals surface area contributed by atoms with Crippen molar-refractivity contribution in [3.05, 3.63) is 41.6 Å². The van der Waals surface area contributed by atoms with Crippen LogP contribution in [0.4, 0.5) is 5.95 Å². The maximum absolute atomic E-state index is 13.2. The van der Waals surface area contributed by atoms with Gasteiger partial charge in [0.05, 0.1) is 26.0 Å². The minimum absolute atomic E-state index is 0.121. The van der Waals surface area contributed by atoms with Gasteiger partial charge >= 0.3 is 0 Å². The van der Waals surface area contributed by atoms with Gasteiger partial charge in [-0.15, -0.1) is 0 Å². The van der Waals surface area contributed by atoms with Gasteiger partial charge in [0.25, 0.3) is 5.91 Å². The number of nitrogen functional groups attached to an aromatic ring is 1. The van der Waals surface area contributed by atoms with Crippen LogP contribution in [0.2, 0.25) is 0 Å². The number of ether oxygens (including phenoxy) is 1. The number of amides is 1. The van der Waals surface area contributed by atoms with Crippen LogP contribution in [0.1, 0.15) is 41.7 Å². The summed E-state index contributed by atoms with van der Waals surface area (Å²) in [6, 6.07) is 5.41. The topological polar surface area (TPSA) is 97.7 Å². The minimum atomic E-state index is -0.171. The van der Waals surface area contributed by atoms with Crippen molar-refractivity contribution < 1.29 is 13.9 Å². The second-order valence-electron chi connectivity index (χ2n) is 6.95. The minimum Gasteiger partial charge on any atom is -0.467 e. The van der Waals surface area contributed by atoms with E-state index in [9.17, 15) is 4.79 Å². The van der Waals surface area contributed by atoms with Gasteiger partial charge in [-0.05, 0) is 24.1 Å². The standard InChI is InChI=1S/C19H27N5O3/c1-14(2)16-12-17(22-19(20)21-16)18(25)24(13-15-4-3-9-27-15)6-5-23-7-10-26-11-8-23/h3-4,9,12,14H,5-8,10-11,13H2,1-2H3,(H2,20,21,22). The first-order chi connectivity index (χ1) is 13.0. The molecule has 0 atom stereocenters. The molecule has 8 heteroatoms. The van der Waals surface area contributed by atoms with Gasteiger partial charge in [0.15, 0.2) is 0 Å². The van der Waals surface area contributed by atoms with Gasteiger partial charge in [0.2, 0.25) is 5.95 Å². The van der Waals surface area contributed by atoms with E-state index in [1.807, 2.05) is 26.0 Å². The van der Waals surface area contributed by atoms with E-state index < -0.39 is 0 Å². The van der Waals surface area contributed by atoms with Crippen molar-refractivity contribution in [1.29, 1.82) is 0 Å². The van der Waals surface area contributed by atoms with E-state index in [1.165, 1.54) is 0 Å². The van der Waals surface area contributed by atoms with E-state index >= 15 is 0 Å². The summed E-state index contributed by atoms with van der Waals surface area (Å²) in [4.78, 5) is 25.6. The highest BCUT2D eigenvalue weighted by Gasteiger charge is 2.22. The van der Waals surface area contributed by atoms with Crippen LogP contribution < -0.4 is 5.73 Å². The van der Waals surface area contributed by atoms with E-state index in [0.717, 1.165) is 44.3 Å². The highest BCUT2D eigenvalue weighted by molar-refractivity contribution is 5.92. The molecule has 146 valence electrons. The number of morpholine rings is 1. The SMILES string of the molecule is CC(C)c1cc(C(=O)N(CCN2CCOCC2)Cc2ccco2)nc(N)n1. The number of nitrogens with zero attached hydrogens (tertiary/aromatic N) is 4. The van der Waals surface area contributed by atoms with Gasteiger partial charge < -0.3 is 19.8 Å². The lowest BCUT2D eigenvalue weighted by atomic mass is 10.1. The molecule has 1 aliphatic rings. The number of anilines is 1. The van der Waals surface area contributed by atoms with Crippen molar-refractivity contribution in [1.82, 2.24) is 19.8 Å². The predicted octanol–water partition coefficient (Wildman–Crippen LogP) is 1.75. The lowest BCUT2D eigenvalue weighted by molar-refractivity contribution is 0.0315. The highest BCUT2D eigenvalue weighted by atomic mass is 16.5. The molecule has 3 heterocycles. The summed E-state index contributed by atoms with van der Waals surface area (Å²) in [5.41, 5.74) is 6.91. The number of furan rings is 1. The lowest BCUT2D eigenvalue weighted by Crippen LogP contribution is -2.43. The Kier molecular flexibility index (Phi) is 6.41. The van der Waals surface area contributed by atoms with Crippen LogP contribution in [0.3, 0.4) is 0 Å². The van der Waals surface area contributed by atoms with Gasteiger partial charge in [-0.1, -0.05) is 13.8 Å². The summed E-state index contributed by atoms with van der Waals surface area (Å²) >= 11 is 0. The molecule has 0 saturated carbocycles. The fourth-order valence-electron chi connectivity index (χ4n) is 2.98. The number of hydrogen-bond donors (Lipinski definition) is 1. The van der Waals surface area contributed by atoms with Crippen molar-refractivity contribution in [2.75, 3.05) is 45.1 Å². The second kappa shape index (κ2) is 8.96. The summed E-state index contributed by atoms with van der Waals surface area (Å²) in [5.74, 6) is 0.844. The molecule has 2 aromatic heterocycles. The number of nitrogens with two attached hydrogens (primary N) is 1. The smallest absolute Gasteiger partial charge is 0.273 e. The molecule has 2 N–H and O–H groups in total. The largest absolute Gasteiger partial charge is 0.467 e. The zero-order valence-electron chi connectivity index (χ0n) is 15.9. The van der Waals surface area contributed by atoms with Gasteiger partial charge in [-0.2, -0.15) is 0 Å². The Morgan fingerprint density at radius 2 is 2.11 bits per heavy atom. The number of hydrogen-bond acceptors (Lipinski definition) is 7. The molecule has 3 rings (SSSR count). The Morgan fingerprint density at radius 1 is 1.33 bits per heavy atom. The first kappa shape index (κ1) is 19.3. The van der Waals surface area contributed by atoms with Crippen LogP contribution in [-0.4, -0.2) is 65.1 Å². The van der Waals surface area contributed by atoms with Crippen molar-refractivity contribution in [2.24, 2.45) is 0 Å². The van der Waals surface area contributed by atoms with Crippen LogP contribution in [0, 0.1) is 0 Å². The predicted molar refractivity (Wildman–Crippen MR) is 101 cm³/mol. The molecule has 1 fully saturated rings. The third kappa shape index (κ3) is 5.27. The molecule has 1 aliphatic heterocycles. The first-order valence-corrected chi connectivity index (χ1v) is 9.29. The van der Waals surface area contributed by atoms with E-state index in [2.05, 4.69) is 14.9 Å². The van der Waals surface area contributed by atoms with Crippen LogP contribution in [0.15, 0.2) is 28.9 Å². The number of carbonyl (C=O) groups excluding carboxylic acids is 1. The zero-order chi connectivity index (χ0) is 19.2. The van der Waals surface area contributed by atoms with Gasteiger partial charge in [-0.25, -0.2) is 9.97 Å². The van der Waals surface area contributed by atoms with Crippen LogP contribution in [0.25, 0.3) is 0 Å². The van der Waals surface area contributed by atoms with Crippen molar-refractivity contribution in [3.8, 4) is 0 Å². The molecular formula is C19H27N5O3. The summed E-state index contributed by atoms with van der Waals surface area (Å²) in [6.45, 7) is 8.95.